The number of benzene rings is 1. The number of rotatable bonds is 8. The first-order valence-corrected chi connectivity index (χ1v) is 9.98. The number of piperidine rings is 1. The van der Waals surface area contributed by atoms with E-state index in [1.54, 1.807) is 4.90 Å². The molecular formula is C21H32N4O3. The summed E-state index contributed by atoms with van der Waals surface area (Å²) >= 11 is 0. The first-order chi connectivity index (χ1) is 13.4. The van der Waals surface area contributed by atoms with Crippen molar-refractivity contribution in [3.8, 4) is 0 Å². The minimum atomic E-state index is -0.647. The van der Waals surface area contributed by atoms with Crippen LogP contribution in [0.2, 0.25) is 0 Å². The molecule has 1 aromatic rings. The van der Waals surface area contributed by atoms with Gasteiger partial charge in [0.05, 0.1) is 19.1 Å². The van der Waals surface area contributed by atoms with E-state index in [2.05, 4.69) is 34.9 Å². The van der Waals surface area contributed by atoms with Crippen molar-refractivity contribution >= 4 is 17.7 Å². The van der Waals surface area contributed by atoms with Gasteiger partial charge in [0.25, 0.3) is 0 Å². The van der Waals surface area contributed by atoms with Crippen LogP contribution >= 0.6 is 0 Å². The molecule has 0 aromatic heterocycles. The Labute approximate surface area is 167 Å². The number of nitrogens with one attached hydrogen (secondary N) is 2. The van der Waals surface area contributed by atoms with Crippen molar-refractivity contribution in [2.75, 3.05) is 26.2 Å². The van der Waals surface area contributed by atoms with Gasteiger partial charge in [0, 0.05) is 13.1 Å². The van der Waals surface area contributed by atoms with Gasteiger partial charge in [-0.2, -0.15) is 0 Å². The van der Waals surface area contributed by atoms with Crippen LogP contribution in [0.15, 0.2) is 30.3 Å². The Morgan fingerprint density at radius 3 is 2.32 bits per heavy atom. The van der Waals surface area contributed by atoms with E-state index in [4.69, 9.17) is 5.73 Å². The fourth-order valence-corrected chi connectivity index (χ4v) is 3.27. The van der Waals surface area contributed by atoms with E-state index in [1.165, 1.54) is 5.56 Å². The average Bonchev–Trinajstić information content (AvgIpc) is 2.70. The Kier molecular flexibility index (Phi) is 8.44. The highest BCUT2D eigenvalue weighted by atomic mass is 16.2. The van der Waals surface area contributed by atoms with Gasteiger partial charge in [0.15, 0.2) is 0 Å². The fourth-order valence-electron chi connectivity index (χ4n) is 3.27. The average molecular weight is 389 g/mol. The lowest BCUT2D eigenvalue weighted by atomic mass is 9.90. The van der Waals surface area contributed by atoms with Crippen LogP contribution in [0.1, 0.15) is 32.3 Å². The van der Waals surface area contributed by atoms with Crippen LogP contribution in [0.3, 0.4) is 0 Å². The molecular weight excluding hydrogens is 356 g/mol. The predicted octanol–water partition coefficient (Wildman–Crippen LogP) is 0.683. The van der Waals surface area contributed by atoms with Crippen molar-refractivity contribution in [3.05, 3.63) is 35.9 Å². The fraction of sp³-hybridized carbons (Fsp3) is 0.571. The molecule has 1 aliphatic heterocycles. The zero-order valence-electron chi connectivity index (χ0n) is 16.8. The molecule has 1 heterocycles. The lowest BCUT2D eigenvalue weighted by Crippen LogP contribution is -2.49. The molecule has 1 saturated heterocycles. The largest absolute Gasteiger partial charge is 0.346 e. The van der Waals surface area contributed by atoms with Gasteiger partial charge in [-0.05, 0) is 36.7 Å². The van der Waals surface area contributed by atoms with Crippen molar-refractivity contribution in [3.63, 3.8) is 0 Å². The number of amides is 3. The Bertz CT molecular complexity index is 655. The quantitative estimate of drug-likeness (QED) is 0.609. The predicted molar refractivity (Wildman–Crippen MR) is 108 cm³/mol. The van der Waals surface area contributed by atoms with Gasteiger partial charge in [0.2, 0.25) is 17.7 Å². The second-order valence-electron chi connectivity index (χ2n) is 7.78. The molecule has 2 rings (SSSR count). The summed E-state index contributed by atoms with van der Waals surface area (Å²) in [6.45, 7) is 4.89. The molecule has 0 bridgehead atoms. The van der Waals surface area contributed by atoms with Gasteiger partial charge in [-0.1, -0.05) is 44.2 Å². The number of carbonyl (C=O) groups is 3. The first kappa shape index (κ1) is 21.9. The van der Waals surface area contributed by atoms with E-state index in [0.29, 0.717) is 19.0 Å². The molecule has 4 N–H and O–H groups in total. The molecule has 0 saturated carbocycles. The third-order valence-electron chi connectivity index (χ3n) is 5.22. The van der Waals surface area contributed by atoms with Crippen molar-refractivity contribution in [1.29, 1.82) is 0 Å². The zero-order chi connectivity index (χ0) is 20.5. The molecule has 1 fully saturated rings. The monoisotopic (exact) mass is 388 g/mol. The van der Waals surface area contributed by atoms with Crippen LogP contribution in [0.25, 0.3) is 0 Å². The molecule has 1 atom stereocenters. The molecule has 0 spiro atoms. The summed E-state index contributed by atoms with van der Waals surface area (Å²) in [6.07, 6.45) is 2.98. The molecule has 0 radical (unpaired) electrons. The highest BCUT2D eigenvalue weighted by molar-refractivity contribution is 5.89. The maximum Gasteiger partial charge on any atom is 0.241 e. The van der Waals surface area contributed by atoms with E-state index in [0.717, 1.165) is 19.3 Å². The van der Waals surface area contributed by atoms with Crippen molar-refractivity contribution in [2.24, 2.45) is 17.6 Å². The van der Waals surface area contributed by atoms with E-state index in [1.807, 2.05) is 19.9 Å². The third kappa shape index (κ3) is 6.96. The Hall–Kier alpha value is -2.41. The van der Waals surface area contributed by atoms with E-state index < -0.39 is 11.9 Å². The van der Waals surface area contributed by atoms with Gasteiger partial charge < -0.3 is 21.3 Å². The molecule has 154 valence electrons. The van der Waals surface area contributed by atoms with Crippen molar-refractivity contribution in [1.82, 2.24) is 15.5 Å². The number of hydrogen-bond acceptors (Lipinski definition) is 4. The van der Waals surface area contributed by atoms with Crippen LogP contribution < -0.4 is 16.4 Å². The Morgan fingerprint density at radius 1 is 1.07 bits per heavy atom. The minimum Gasteiger partial charge on any atom is -0.346 e. The molecule has 28 heavy (non-hydrogen) atoms. The maximum atomic E-state index is 12.3. The second-order valence-corrected chi connectivity index (χ2v) is 7.78. The van der Waals surface area contributed by atoms with Crippen LogP contribution in [0.4, 0.5) is 0 Å². The minimum absolute atomic E-state index is 0.00513. The second kappa shape index (κ2) is 10.8. The van der Waals surface area contributed by atoms with Crippen LogP contribution in [-0.4, -0.2) is 54.8 Å². The highest BCUT2D eigenvalue weighted by Crippen LogP contribution is 2.21. The van der Waals surface area contributed by atoms with E-state index in [9.17, 15) is 14.4 Å². The summed E-state index contributed by atoms with van der Waals surface area (Å²) in [5, 5.41) is 5.06. The number of nitrogens with two attached hydrogens (primary N) is 1. The van der Waals surface area contributed by atoms with Crippen molar-refractivity contribution < 1.29 is 14.4 Å². The molecule has 1 aromatic carbocycles. The van der Waals surface area contributed by atoms with Gasteiger partial charge in [-0.25, -0.2) is 0 Å². The molecule has 0 aliphatic carbocycles. The van der Waals surface area contributed by atoms with Gasteiger partial charge in [0.1, 0.15) is 0 Å². The lowest BCUT2D eigenvalue weighted by molar-refractivity contribution is -0.134. The third-order valence-corrected chi connectivity index (χ3v) is 5.22. The summed E-state index contributed by atoms with van der Waals surface area (Å²) in [5.74, 6) is -0.263. The molecule has 7 heteroatoms. The van der Waals surface area contributed by atoms with Crippen LogP contribution in [0, 0.1) is 11.8 Å². The maximum absolute atomic E-state index is 12.3. The summed E-state index contributed by atoms with van der Waals surface area (Å²) in [7, 11) is 0. The standard InChI is InChI=1S/C21H32N4O3/c1-15(2)20(22)21(28)24-13-18(26)23-14-19(27)25-10-8-17(9-11-25)12-16-6-4-3-5-7-16/h3-7,15,17,20H,8-14,22H2,1-2H3,(H,23,26)(H,24,28)/t20-/m0/s1. The number of likely N-dealkylation sites (tertiary alicyclic amines) is 1. The SMILES string of the molecule is CC(C)[C@H](N)C(=O)NCC(=O)NCC(=O)N1CCC(Cc2ccccc2)CC1. The van der Waals surface area contributed by atoms with Gasteiger partial charge in [-0.3, -0.25) is 14.4 Å². The molecule has 0 unspecified atom stereocenters. The van der Waals surface area contributed by atoms with Crippen LogP contribution in [0.5, 0.6) is 0 Å². The summed E-state index contributed by atoms with van der Waals surface area (Å²) in [4.78, 5) is 37.7. The summed E-state index contributed by atoms with van der Waals surface area (Å²) in [6, 6.07) is 9.75. The number of hydrogen-bond donors (Lipinski definition) is 3. The molecule has 7 nitrogen and oxygen atoms in total. The van der Waals surface area contributed by atoms with E-state index >= 15 is 0 Å². The van der Waals surface area contributed by atoms with Crippen molar-refractivity contribution in [2.45, 2.75) is 39.2 Å². The van der Waals surface area contributed by atoms with Gasteiger partial charge >= 0.3 is 0 Å². The number of carbonyl (C=O) groups excluding carboxylic acids is 3. The first-order valence-electron chi connectivity index (χ1n) is 9.98. The van der Waals surface area contributed by atoms with E-state index in [-0.39, 0.29) is 30.8 Å². The zero-order valence-corrected chi connectivity index (χ0v) is 16.8. The highest BCUT2D eigenvalue weighted by Gasteiger charge is 2.23. The Balaban J connectivity index is 1.64. The van der Waals surface area contributed by atoms with Gasteiger partial charge in [-0.15, -0.1) is 0 Å². The smallest absolute Gasteiger partial charge is 0.241 e. The topological polar surface area (TPSA) is 105 Å². The van der Waals surface area contributed by atoms with Crippen LogP contribution in [-0.2, 0) is 20.8 Å². The Morgan fingerprint density at radius 2 is 1.71 bits per heavy atom. The molecule has 1 aliphatic rings. The normalized spacial score (nSPS) is 15.9. The lowest BCUT2D eigenvalue weighted by Gasteiger charge is -2.32. The molecule has 3 amide bonds. The summed E-state index contributed by atoms with van der Waals surface area (Å²) in [5.41, 5.74) is 7.05. The number of nitrogens with zero attached hydrogens (tertiary/aromatic N) is 1. The summed E-state index contributed by atoms with van der Waals surface area (Å²) < 4.78 is 0.